The number of nitrogens with zero attached hydrogens (tertiary/aromatic N) is 4. The predicted molar refractivity (Wildman–Crippen MR) is 95.0 cm³/mol. The van der Waals surface area contributed by atoms with E-state index in [1.54, 1.807) is 10.9 Å². The number of hydrogen-bond acceptors (Lipinski definition) is 3. The summed E-state index contributed by atoms with van der Waals surface area (Å²) in [5, 5.41) is 4.84. The van der Waals surface area contributed by atoms with Crippen molar-refractivity contribution in [2.45, 2.75) is 25.9 Å². The van der Waals surface area contributed by atoms with Crippen molar-refractivity contribution >= 4 is 17.5 Å². The highest BCUT2D eigenvalue weighted by molar-refractivity contribution is 6.30. The summed E-state index contributed by atoms with van der Waals surface area (Å²) in [6.07, 6.45) is 4.82. The van der Waals surface area contributed by atoms with Gasteiger partial charge >= 0.3 is 0 Å². The Morgan fingerprint density at radius 2 is 2.12 bits per heavy atom. The van der Waals surface area contributed by atoms with Crippen LogP contribution in [0.2, 0.25) is 5.02 Å². The molecule has 0 fully saturated rings. The Kier molecular flexibility index (Phi) is 4.28. The Morgan fingerprint density at radius 3 is 2.88 bits per heavy atom. The van der Waals surface area contributed by atoms with Crippen molar-refractivity contribution in [1.29, 1.82) is 0 Å². The quantitative estimate of drug-likeness (QED) is 0.782. The first-order valence-corrected chi connectivity index (χ1v) is 8.66. The van der Waals surface area contributed by atoms with E-state index in [1.807, 2.05) is 41.4 Å². The van der Waals surface area contributed by atoms with Gasteiger partial charge in [0.25, 0.3) is 0 Å². The van der Waals surface area contributed by atoms with Crippen LogP contribution < -0.4 is 0 Å². The van der Waals surface area contributed by atoms with Crippen LogP contribution in [0.15, 0.2) is 42.7 Å². The number of rotatable bonds is 4. The van der Waals surface area contributed by atoms with Gasteiger partial charge in [-0.25, -0.2) is 4.98 Å². The van der Waals surface area contributed by atoms with Gasteiger partial charge in [-0.15, -0.1) is 0 Å². The zero-order valence-electron chi connectivity index (χ0n) is 13.7. The summed E-state index contributed by atoms with van der Waals surface area (Å²) in [4.78, 5) is 22.4. The molecule has 0 saturated carbocycles. The van der Waals surface area contributed by atoms with E-state index < -0.39 is 0 Å². The first-order chi connectivity index (χ1) is 12.2. The molecule has 0 bridgehead atoms. The van der Waals surface area contributed by atoms with Crippen LogP contribution in [0.1, 0.15) is 17.8 Å². The third kappa shape index (κ3) is 3.44. The van der Waals surface area contributed by atoms with Gasteiger partial charge in [0.05, 0.1) is 17.9 Å². The molecule has 25 heavy (non-hydrogen) atoms. The van der Waals surface area contributed by atoms with Crippen molar-refractivity contribution < 1.29 is 4.79 Å². The number of H-pyrrole nitrogens is 1. The average Bonchev–Trinajstić information content (AvgIpc) is 3.29. The molecule has 0 radical (unpaired) electrons. The highest BCUT2D eigenvalue weighted by Gasteiger charge is 2.23. The molecule has 128 valence electrons. The molecule has 4 rings (SSSR count). The van der Waals surface area contributed by atoms with Gasteiger partial charge in [0.1, 0.15) is 5.82 Å². The lowest BCUT2D eigenvalue weighted by molar-refractivity contribution is -0.132. The Labute approximate surface area is 150 Å². The summed E-state index contributed by atoms with van der Waals surface area (Å²) in [6.45, 7) is 1.89. The van der Waals surface area contributed by atoms with Crippen molar-refractivity contribution in [1.82, 2.24) is 24.6 Å². The monoisotopic (exact) mass is 355 g/mol. The third-order valence-electron chi connectivity index (χ3n) is 4.42. The lowest BCUT2D eigenvalue weighted by Crippen LogP contribution is -2.36. The summed E-state index contributed by atoms with van der Waals surface area (Å²) in [6, 6.07) is 9.45. The normalized spacial score (nSPS) is 13.7. The lowest BCUT2D eigenvalue weighted by atomic mass is 10.1. The number of amides is 1. The predicted octanol–water partition coefficient (Wildman–Crippen LogP) is 2.90. The van der Waals surface area contributed by atoms with Crippen molar-refractivity contribution in [3.8, 4) is 11.4 Å². The molecule has 1 aliphatic heterocycles. The first kappa shape index (κ1) is 15.9. The van der Waals surface area contributed by atoms with Gasteiger partial charge in [-0.3, -0.25) is 9.48 Å². The number of halogens is 1. The summed E-state index contributed by atoms with van der Waals surface area (Å²) >= 11 is 5.94. The fraction of sp³-hybridized carbons (Fsp3) is 0.278. The number of imidazole rings is 1. The molecule has 0 spiro atoms. The van der Waals surface area contributed by atoms with Gasteiger partial charge < -0.3 is 9.88 Å². The molecular formula is C18H18ClN5O. The second kappa shape index (κ2) is 6.72. The molecule has 1 amide bonds. The van der Waals surface area contributed by atoms with E-state index in [2.05, 4.69) is 15.1 Å². The van der Waals surface area contributed by atoms with E-state index in [0.29, 0.717) is 31.1 Å². The fourth-order valence-corrected chi connectivity index (χ4v) is 3.18. The van der Waals surface area contributed by atoms with Gasteiger partial charge in [0.2, 0.25) is 5.91 Å². The number of aromatic amines is 1. The first-order valence-electron chi connectivity index (χ1n) is 8.28. The molecular weight excluding hydrogens is 338 g/mol. The zero-order chi connectivity index (χ0) is 17.2. The third-order valence-corrected chi connectivity index (χ3v) is 4.67. The molecule has 1 aromatic carbocycles. The van der Waals surface area contributed by atoms with Crippen LogP contribution in [-0.4, -0.2) is 37.1 Å². The summed E-state index contributed by atoms with van der Waals surface area (Å²) < 4.78 is 1.78. The zero-order valence-corrected chi connectivity index (χ0v) is 14.4. The van der Waals surface area contributed by atoms with Crippen LogP contribution in [0.5, 0.6) is 0 Å². The van der Waals surface area contributed by atoms with Crippen LogP contribution in [0.4, 0.5) is 0 Å². The molecule has 3 aromatic rings. The molecule has 2 aromatic heterocycles. The SMILES string of the molecule is O=C(CCn1cccn1)N1CCc2nc(-c3ccc(Cl)cc3)[nH]c2C1. The largest absolute Gasteiger partial charge is 0.340 e. The summed E-state index contributed by atoms with van der Waals surface area (Å²) in [7, 11) is 0. The maximum Gasteiger partial charge on any atom is 0.224 e. The number of nitrogens with one attached hydrogen (secondary N) is 1. The Morgan fingerprint density at radius 1 is 1.28 bits per heavy atom. The average molecular weight is 356 g/mol. The maximum atomic E-state index is 12.5. The number of benzene rings is 1. The molecule has 6 nitrogen and oxygen atoms in total. The number of aryl methyl sites for hydroxylation is 1. The van der Waals surface area contributed by atoms with Crippen LogP contribution in [0.25, 0.3) is 11.4 Å². The molecule has 0 saturated heterocycles. The van der Waals surface area contributed by atoms with Crippen molar-refractivity contribution in [3.63, 3.8) is 0 Å². The number of carbonyl (C=O) groups is 1. The summed E-state index contributed by atoms with van der Waals surface area (Å²) in [5.41, 5.74) is 3.06. The minimum atomic E-state index is 0.142. The number of fused-ring (bicyclic) bond motifs is 1. The van der Waals surface area contributed by atoms with Crippen molar-refractivity contribution in [3.05, 3.63) is 59.1 Å². The maximum absolute atomic E-state index is 12.5. The lowest BCUT2D eigenvalue weighted by Gasteiger charge is -2.26. The highest BCUT2D eigenvalue weighted by atomic mass is 35.5. The van der Waals surface area contributed by atoms with Gasteiger partial charge in [-0.05, 0) is 30.3 Å². The summed E-state index contributed by atoms with van der Waals surface area (Å²) in [5.74, 6) is 0.969. The minimum absolute atomic E-state index is 0.142. The minimum Gasteiger partial charge on any atom is -0.340 e. The number of carbonyl (C=O) groups excluding carboxylic acids is 1. The van der Waals surface area contributed by atoms with E-state index >= 15 is 0 Å². The number of aromatic nitrogens is 4. The molecule has 0 atom stereocenters. The van der Waals surface area contributed by atoms with Gasteiger partial charge in [0, 0.05) is 48.9 Å². The molecule has 0 aliphatic carbocycles. The second-order valence-corrected chi connectivity index (χ2v) is 6.54. The van der Waals surface area contributed by atoms with E-state index in [4.69, 9.17) is 11.6 Å². The van der Waals surface area contributed by atoms with E-state index in [9.17, 15) is 4.79 Å². The standard InChI is InChI=1S/C18H18ClN5O/c19-14-4-2-13(3-5-14)18-21-15-6-10-23(12-16(15)22-18)17(25)7-11-24-9-1-8-20-24/h1-5,8-9H,6-7,10-12H2,(H,21,22). The molecule has 1 N–H and O–H groups in total. The Hall–Kier alpha value is -2.60. The smallest absolute Gasteiger partial charge is 0.224 e. The van der Waals surface area contributed by atoms with Gasteiger partial charge in [0.15, 0.2) is 0 Å². The van der Waals surface area contributed by atoms with Crippen LogP contribution in [-0.2, 0) is 24.3 Å². The van der Waals surface area contributed by atoms with Crippen molar-refractivity contribution in [2.75, 3.05) is 6.54 Å². The van der Waals surface area contributed by atoms with E-state index in [1.165, 1.54) is 0 Å². The molecule has 1 aliphatic rings. The fourth-order valence-electron chi connectivity index (χ4n) is 3.05. The van der Waals surface area contributed by atoms with Crippen molar-refractivity contribution in [2.24, 2.45) is 0 Å². The molecule has 3 heterocycles. The van der Waals surface area contributed by atoms with Gasteiger partial charge in [-0.2, -0.15) is 5.10 Å². The second-order valence-electron chi connectivity index (χ2n) is 6.10. The van der Waals surface area contributed by atoms with E-state index in [0.717, 1.165) is 29.2 Å². The molecule has 0 unspecified atom stereocenters. The van der Waals surface area contributed by atoms with Crippen LogP contribution in [0.3, 0.4) is 0 Å². The highest BCUT2D eigenvalue weighted by Crippen LogP contribution is 2.24. The van der Waals surface area contributed by atoms with E-state index in [-0.39, 0.29) is 5.91 Å². The van der Waals surface area contributed by atoms with Crippen LogP contribution >= 0.6 is 11.6 Å². The Balaban J connectivity index is 1.44. The van der Waals surface area contributed by atoms with Gasteiger partial charge in [-0.1, -0.05) is 11.6 Å². The van der Waals surface area contributed by atoms with Crippen LogP contribution in [0, 0.1) is 0 Å². The number of hydrogen-bond donors (Lipinski definition) is 1. The topological polar surface area (TPSA) is 66.8 Å². The Bertz CT molecular complexity index is 870. The molecule has 7 heteroatoms.